The lowest BCUT2D eigenvalue weighted by atomic mass is 9.80. The Labute approximate surface area is 130 Å². The summed E-state index contributed by atoms with van der Waals surface area (Å²) in [6.07, 6.45) is 2.59. The van der Waals surface area contributed by atoms with Crippen LogP contribution >= 0.6 is 0 Å². The molecule has 0 fully saturated rings. The number of fused-ring (bicyclic) bond motifs is 1. The number of hydrogen-bond donors (Lipinski definition) is 0. The third-order valence-corrected chi connectivity index (χ3v) is 4.31. The molecule has 2 aromatic carbocycles. The Morgan fingerprint density at radius 1 is 1.05 bits per heavy atom. The fraction of sp³-hybridized carbons (Fsp3) is 0.316. The molecular formula is C19H20O3. The number of rotatable bonds is 4. The van der Waals surface area contributed by atoms with Crippen LogP contribution in [-0.4, -0.2) is 20.0 Å². The molecule has 1 aliphatic rings. The van der Waals surface area contributed by atoms with Gasteiger partial charge < -0.3 is 9.47 Å². The zero-order valence-electron chi connectivity index (χ0n) is 13.0. The second-order valence-corrected chi connectivity index (χ2v) is 5.68. The summed E-state index contributed by atoms with van der Waals surface area (Å²) in [5.74, 6) is 1.81. The van der Waals surface area contributed by atoms with Gasteiger partial charge >= 0.3 is 0 Å². The van der Waals surface area contributed by atoms with Gasteiger partial charge in [-0.2, -0.15) is 0 Å². The van der Waals surface area contributed by atoms with Crippen LogP contribution in [0.15, 0.2) is 42.5 Å². The first-order chi connectivity index (χ1) is 10.7. The van der Waals surface area contributed by atoms with Crippen molar-refractivity contribution in [1.82, 2.24) is 0 Å². The van der Waals surface area contributed by atoms with Gasteiger partial charge in [-0.05, 0) is 42.5 Å². The van der Waals surface area contributed by atoms with E-state index in [1.165, 1.54) is 5.56 Å². The van der Waals surface area contributed by atoms with Crippen LogP contribution < -0.4 is 9.47 Å². The second-order valence-electron chi connectivity index (χ2n) is 5.68. The van der Waals surface area contributed by atoms with E-state index in [4.69, 9.17) is 9.47 Å². The molecule has 114 valence electrons. The van der Waals surface area contributed by atoms with Crippen LogP contribution in [-0.2, 0) is 12.8 Å². The lowest BCUT2D eigenvalue weighted by molar-refractivity contribution is 0.0901. The maximum Gasteiger partial charge on any atom is 0.166 e. The van der Waals surface area contributed by atoms with Crippen molar-refractivity contribution >= 4 is 5.78 Å². The SMILES string of the molecule is COc1cc(CC2CCc3ccccc3C2=O)cc(OC)c1. The lowest BCUT2D eigenvalue weighted by Gasteiger charge is -2.23. The van der Waals surface area contributed by atoms with Crippen LogP contribution in [0.3, 0.4) is 0 Å². The fourth-order valence-electron chi connectivity index (χ4n) is 3.12. The minimum atomic E-state index is 0.0340. The van der Waals surface area contributed by atoms with Crippen molar-refractivity contribution in [3.8, 4) is 11.5 Å². The van der Waals surface area contributed by atoms with Crippen LogP contribution in [0.5, 0.6) is 11.5 Å². The van der Waals surface area contributed by atoms with Crippen molar-refractivity contribution in [3.05, 3.63) is 59.2 Å². The van der Waals surface area contributed by atoms with Gasteiger partial charge in [-0.15, -0.1) is 0 Å². The Hall–Kier alpha value is -2.29. The summed E-state index contributed by atoms with van der Waals surface area (Å²) in [5.41, 5.74) is 3.13. The van der Waals surface area contributed by atoms with Crippen LogP contribution in [0.25, 0.3) is 0 Å². The third-order valence-electron chi connectivity index (χ3n) is 4.31. The Morgan fingerprint density at radius 3 is 2.41 bits per heavy atom. The summed E-state index contributed by atoms with van der Waals surface area (Å²) in [7, 11) is 3.28. The fourth-order valence-corrected chi connectivity index (χ4v) is 3.12. The van der Waals surface area contributed by atoms with Crippen molar-refractivity contribution < 1.29 is 14.3 Å². The monoisotopic (exact) mass is 296 g/mol. The van der Waals surface area contributed by atoms with Gasteiger partial charge in [0.2, 0.25) is 0 Å². The molecule has 0 bridgehead atoms. The van der Waals surface area contributed by atoms with Crippen molar-refractivity contribution in [1.29, 1.82) is 0 Å². The zero-order valence-corrected chi connectivity index (χ0v) is 13.0. The summed E-state index contributed by atoms with van der Waals surface area (Å²) in [6, 6.07) is 13.7. The molecule has 1 atom stereocenters. The highest BCUT2D eigenvalue weighted by molar-refractivity contribution is 6.00. The molecule has 0 radical (unpaired) electrons. The van der Waals surface area contributed by atoms with Gasteiger partial charge in [-0.1, -0.05) is 24.3 Å². The van der Waals surface area contributed by atoms with Crippen LogP contribution in [0.4, 0.5) is 0 Å². The number of aryl methyl sites for hydroxylation is 1. The Bertz CT molecular complexity index is 669. The molecule has 0 amide bonds. The molecule has 0 N–H and O–H groups in total. The molecule has 0 saturated carbocycles. The average Bonchev–Trinajstić information content (AvgIpc) is 2.57. The molecule has 3 heteroatoms. The number of methoxy groups -OCH3 is 2. The van der Waals surface area contributed by atoms with Crippen molar-refractivity contribution in [2.75, 3.05) is 14.2 Å². The number of hydrogen-bond acceptors (Lipinski definition) is 3. The van der Waals surface area contributed by atoms with Gasteiger partial charge in [0, 0.05) is 17.5 Å². The van der Waals surface area contributed by atoms with E-state index in [2.05, 4.69) is 6.07 Å². The van der Waals surface area contributed by atoms with E-state index in [9.17, 15) is 4.79 Å². The van der Waals surface area contributed by atoms with E-state index < -0.39 is 0 Å². The predicted molar refractivity (Wildman–Crippen MR) is 85.8 cm³/mol. The minimum Gasteiger partial charge on any atom is -0.497 e. The topological polar surface area (TPSA) is 35.5 Å². The van der Waals surface area contributed by atoms with E-state index in [1.807, 2.05) is 36.4 Å². The average molecular weight is 296 g/mol. The van der Waals surface area contributed by atoms with Crippen LogP contribution in [0, 0.1) is 5.92 Å². The smallest absolute Gasteiger partial charge is 0.166 e. The third kappa shape index (κ3) is 2.84. The second kappa shape index (κ2) is 6.22. The maximum absolute atomic E-state index is 12.7. The van der Waals surface area contributed by atoms with Crippen molar-refractivity contribution in [3.63, 3.8) is 0 Å². The molecule has 0 aliphatic heterocycles. The first kappa shape index (κ1) is 14.6. The number of carbonyl (C=O) groups excluding carboxylic acids is 1. The molecule has 3 rings (SSSR count). The Balaban J connectivity index is 1.84. The Kier molecular flexibility index (Phi) is 4.14. The van der Waals surface area contributed by atoms with Crippen LogP contribution in [0.1, 0.15) is 27.9 Å². The Morgan fingerprint density at radius 2 is 1.73 bits per heavy atom. The molecule has 0 saturated heterocycles. The summed E-state index contributed by atoms with van der Waals surface area (Å²) in [6.45, 7) is 0. The van der Waals surface area contributed by atoms with E-state index in [-0.39, 0.29) is 11.7 Å². The number of carbonyl (C=O) groups is 1. The highest BCUT2D eigenvalue weighted by Crippen LogP contribution is 2.30. The first-order valence-corrected chi connectivity index (χ1v) is 7.55. The van der Waals surface area contributed by atoms with Gasteiger partial charge in [-0.25, -0.2) is 0 Å². The van der Waals surface area contributed by atoms with Gasteiger partial charge in [0.05, 0.1) is 14.2 Å². The molecule has 1 aliphatic carbocycles. The molecular weight excluding hydrogens is 276 g/mol. The van der Waals surface area contributed by atoms with Gasteiger partial charge in [0.15, 0.2) is 5.78 Å². The number of Topliss-reactive ketones (excluding diaryl/α,β-unsaturated/α-hetero) is 1. The summed E-state index contributed by atoms with van der Waals surface area (Å²) < 4.78 is 10.6. The highest BCUT2D eigenvalue weighted by Gasteiger charge is 2.27. The van der Waals surface area contributed by atoms with E-state index in [0.717, 1.165) is 41.9 Å². The molecule has 0 heterocycles. The normalized spacial score (nSPS) is 17.0. The van der Waals surface area contributed by atoms with Gasteiger partial charge in [0.1, 0.15) is 11.5 Å². The molecule has 22 heavy (non-hydrogen) atoms. The van der Waals surface area contributed by atoms with Crippen LogP contribution in [0.2, 0.25) is 0 Å². The van der Waals surface area contributed by atoms with E-state index in [1.54, 1.807) is 14.2 Å². The number of ketones is 1. The standard InChI is InChI=1S/C19H20O3/c1-21-16-10-13(11-17(12-16)22-2)9-15-8-7-14-5-3-4-6-18(14)19(15)20/h3-6,10-12,15H,7-9H2,1-2H3. The minimum absolute atomic E-state index is 0.0340. The number of benzene rings is 2. The van der Waals surface area contributed by atoms with E-state index in [0.29, 0.717) is 0 Å². The summed E-state index contributed by atoms with van der Waals surface area (Å²) in [4.78, 5) is 12.7. The molecule has 0 aromatic heterocycles. The molecule has 3 nitrogen and oxygen atoms in total. The highest BCUT2D eigenvalue weighted by atomic mass is 16.5. The van der Waals surface area contributed by atoms with Gasteiger partial charge in [-0.3, -0.25) is 4.79 Å². The van der Waals surface area contributed by atoms with E-state index >= 15 is 0 Å². The number of ether oxygens (including phenoxy) is 2. The first-order valence-electron chi connectivity index (χ1n) is 7.55. The van der Waals surface area contributed by atoms with Gasteiger partial charge in [0.25, 0.3) is 0 Å². The summed E-state index contributed by atoms with van der Waals surface area (Å²) in [5, 5.41) is 0. The molecule has 2 aromatic rings. The molecule has 0 spiro atoms. The summed E-state index contributed by atoms with van der Waals surface area (Å²) >= 11 is 0. The lowest BCUT2D eigenvalue weighted by Crippen LogP contribution is -2.24. The zero-order chi connectivity index (χ0) is 15.5. The quantitative estimate of drug-likeness (QED) is 0.863. The predicted octanol–water partition coefficient (Wildman–Crippen LogP) is 3.69. The molecule has 1 unspecified atom stereocenters. The van der Waals surface area contributed by atoms with Crippen molar-refractivity contribution in [2.24, 2.45) is 5.92 Å². The largest absolute Gasteiger partial charge is 0.497 e. The van der Waals surface area contributed by atoms with Crippen molar-refractivity contribution in [2.45, 2.75) is 19.3 Å². The maximum atomic E-state index is 12.7.